The van der Waals surface area contributed by atoms with Gasteiger partial charge in [-0.15, -0.1) is 0 Å². The Hall–Kier alpha value is -4.66. The number of imidazole rings is 2. The second kappa shape index (κ2) is 8.77. The molecule has 4 aromatic heterocycles. The third kappa shape index (κ3) is 3.98. The molecule has 0 saturated heterocycles. The highest BCUT2D eigenvalue weighted by Crippen LogP contribution is 2.31. The Bertz CT molecular complexity index is 1770. The van der Waals surface area contributed by atoms with Gasteiger partial charge in [-0.1, -0.05) is 30.3 Å². The Morgan fingerprint density at radius 2 is 1.81 bits per heavy atom. The lowest BCUT2D eigenvalue weighted by Crippen LogP contribution is -2.21. The van der Waals surface area contributed by atoms with E-state index in [1.54, 1.807) is 17.1 Å². The van der Waals surface area contributed by atoms with Gasteiger partial charge in [0, 0.05) is 18.9 Å². The van der Waals surface area contributed by atoms with Gasteiger partial charge in [0.15, 0.2) is 11.4 Å². The van der Waals surface area contributed by atoms with Crippen molar-refractivity contribution >= 4 is 16.8 Å². The summed E-state index contributed by atoms with van der Waals surface area (Å²) in [4.78, 5) is 18.3. The minimum atomic E-state index is -0.242. The van der Waals surface area contributed by atoms with Crippen molar-refractivity contribution in [3.05, 3.63) is 95.7 Å². The lowest BCUT2D eigenvalue weighted by molar-refractivity contribution is 0.292. The molecule has 0 radical (unpaired) electrons. The zero-order valence-corrected chi connectivity index (χ0v) is 20.1. The summed E-state index contributed by atoms with van der Waals surface area (Å²) in [6.07, 6.45) is 9.78. The fourth-order valence-corrected chi connectivity index (χ4v) is 4.72. The van der Waals surface area contributed by atoms with E-state index in [1.807, 2.05) is 76.2 Å². The number of benzene rings is 2. The molecule has 4 heterocycles. The fourth-order valence-electron chi connectivity index (χ4n) is 4.72. The molecular weight excluding hydrogens is 466 g/mol. The molecule has 0 unspecified atom stereocenters. The number of nitrogens with zero attached hydrogens (tertiary/aromatic N) is 7. The Morgan fingerprint density at radius 3 is 2.68 bits per heavy atom. The van der Waals surface area contributed by atoms with Crippen LogP contribution in [0.5, 0.6) is 5.75 Å². The van der Waals surface area contributed by atoms with Crippen LogP contribution in [0.2, 0.25) is 0 Å². The number of ether oxygens (including phenoxy) is 1. The molecule has 0 atom stereocenters. The molecule has 37 heavy (non-hydrogen) atoms. The summed E-state index contributed by atoms with van der Waals surface area (Å²) in [5.41, 5.74) is 3.62. The standard InChI is InChI=1S/C28H25N7O2/c36-27-25(37-17-16-32-14-15-34-23-9-5-4-8-22(23)30-28(32)34)19-33(18-20-10-11-20)31-26(27)24-12-13-29-35(24)21-6-2-1-3-7-21/h1-9,12-15,19-20H,10-11,16-18H2. The van der Waals surface area contributed by atoms with Crippen LogP contribution in [-0.2, 0) is 13.1 Å². The first-order valence-corrected chi connectivity index (χ1v) is 12.5. The van der Waals surface area contributed by atoms with E-state index in [1.165, 1.54) is 12.8 Å². The molecule has 0 aliphatic heterocycles. The maximum atomic E-state index is 13.6. The fraction of sp³-hybridized carbons (Fsp3) is 0.214. The Kier molecular flexibility index (Phi) is 5.12. The second-order valence-electron chi connectivity index (χ2n) is 9.41. The van der Waals surface area contributed by atoms with Crippen molar-refractivity contribution in [1.82, 2.24) is 33.5 Å². The number of rotatable bonds is 8. The summed E-state index contributed by atoms with van der Waals surface area (Å²) in [6.45, 7) is 1.65. The number of hydrogen-bond acceptors (Lipinski definition) is 5. The zero-order valence-electron chi connectivity index (χ0n) is 20.1. The molecule has 1 aliphatic carbocycles. The number of aromatic nitrogens is 7. The van der Waals surface area contributed by atoms with E-state index >= 15 is 0 Å². The van der Waals surface area contributed by atoms with Gasteiger partial charge in [-0.05, 0) is 49.1 Å². The van der Waals surface area contributed by atoms with E-state index < -0.39 is 0 Å². The van der Waals surface area contributed by atoms with Crippen LogP contribution in [0.3, 0.4) is 0 Å². The van der Waals surface area contributed by atoms with Gasteiger partial charge in [-0.3, -0.25) is 13.9 Å². The summed E-state index contributed by atoms with van der Waals surface area (Å²) >= 11 is 0. The molecule has 0 spiro atoms. The molecular formula is C28H25N7O2. The minimum absolute atomic E-state index is 0.242. The van der Waals surface area contributed by atoms with Gasteiger partial charge in [0.1, 0.15) is 6.61 Å². The molecule has 9 heteroatoms. The van der Waals surface area contributed by atoms with Crippen LogP contribution in [0.25, 0.3) is 33.9 Å². The van der Waals surface area contributed by atoms with E-state index in [0.717, 1.165) is 29.0 Å². The summed E-state index contributed by atoms with van der Waals surface area (Å²) in [7, 11) is 0. The van der Waals surface area contributed by atoms with Crippen molar-refractivity contribution in [2.45, 2.75) is 25.9 Å². The molecule has 7 rings (SSSR count). The third-order valence-corrected chi connectivity index (χ3v) is 6.78. The summed E-state index contributed by atoms with van der Waals surface area (Å²) in [5, 5.41) is 9.16. The van der Waals surface area contributed by atoms with Gasteiger partial charge < -0.3 is 9.30 Å². The molecule has 2 aromatic carbocycles. The molecule has 0 bridgehead atoms. The lowest BCUT2D eigenvalue weighted by atomic mass is 10.2. The average Bonchev–Trinajstić information content (AvgIpc) is 3.31. The van der Waals surface area contributed by atoms with E-state index in [9.17, 15) is 4.79 Å². The molecule has 184 valence electrons. The van der Waals surface area contributed by atoms with Crippen molar-refractivity contribution in [2.24, 2.45) is 5.92 Å². The van der Waals surface area contributed by atoms with Crippen molar-refractivity contribution in [3.63, 3.8) is 0 Å². The predicted octanol–water partition coefficient (Wildman–Crippen LogP) is 4.19. The highest BCUT2D eigenvalue weighted by Gasteiger charge is 2.24. The number of para-hydroxylation sites is 3. The van der Waals surface area contributed by atoms with E-state index in [0.29, 0.717) is 36.2 Å². The van der Waals surface area contributed by atoms with Crippen LogP contribution in [-0.4, -0.2) is 40.1 Å². The van der Waals surface area contributed by atoms with Crippen LogP contribution in [0.4, 0.5) is 0 Å². The molecule has 0 amide bonds. The van der Waals surface area contributed by atoms with Gasteiger partial charge in [-0.2, -0.15) is 10.2 Å². The first-order valence-electron chi connectivity index (χ1n) is 12.5. The summed E-state index contributed by atoms with van der Waals surface area (Å²) in [5.74, 6) is 1.73. The SMILES string of the molecule is O=c1c(OCCn2ccn3c4ccccc4nc23)cn(CC2CC2)nc1-c1ccnn1-c1ccccc1. The molecule has 6 aromatic rings. The van der Waals surface area contributed by atoms with Crippen molar-refractivity contribution in [2.75, 3.05) is 6.61 Å². The highest BCUT2D eigenvalue weighted by molar-refractivity contribution is 5.79. The molecule has 1 aliphatic rings. The Morgan fingerprint density at radius 1 is 0.973 bits per heavy atom. The second-order valence-corrected chi connectivity index (χ2v) is 9.41. The van der Waals surface area contributed by atoms with Gasteiger partial charge >= 0.3 is 0 Å². The Balaban J connectivity index is 1.20. The average molecular weight is 492 g/mol. The van der Waals surface area contributed by atoms with Crippen molar-refractivity contribution in [1.29, 1.82) is 0 Å². The molecule has 0 N–H and O–H groups in total. The van der Waals surface area contributed by atoms with Crippen LogP contribution in [0.1, 0.15) is 12.8 Å². The van der Waals surface area contributed by atoms with E-state index in [2.05, 4.69) is 15.6 Å². The monoisotopic (exact) mass is 491 g/mol. The quantitative estimate of drug-likeness (QED) is 0.319. The minimum Gasteiger partial charge on any atom is -0.486 e. The van der Waals surface area contributed by atoms with Crippen molar-refractivity contribution in [3.8, 4) is 22.8 Å². The first kappa shape index (κ1) is 21.6. The van der Waals surface area contributed by atoms with E-state index in [-0.39, 0.29) is 5.43 Å². The molecule has 1 saturated carbocycles. The van der Waals surface area contributed by atoms with E-state index in [4.69, 9.17) is 14.8 Å². The summed E-state index contributed by atoms with van der Waals surface area (Å²) in [6, 6.07) is 19.6. The predicted molar refractivity (Wildman–Crippen MR) is 140 cm³/mol. The zero-order chi connectivity index (χ0) is 24.8. The lowest BCUT2D eigenvalue weighted by Gasteiger charge is -2.13. The summed E-state index contributed by atoms with van der Waals surface area (Å²) < 4.78 is 13.8. The van der Waals surface area contributed by atoms with Crippen molar-refractivity contribution < 1.29 is 4.74 Å². The highest BCUT2D eigenvalue weighted by atomic mass is 16.5. The molecule has 1 fully saturated rings. The van der Waals surface area contributed by atoms with Gasteiger partial charge in [0.2, 0.25) is 5.78 Å². The van der Waals surface area contributed by atoms with Crippen LogP contribution < -0.4 is 10.2 Å². The number of fused-ring (bicyclic) bond motifs is 3. The number of hydrogen-bond donors (Lipinski definition) is 0. The van der Waals surface area contributed by atoms with Crippen LogP contribution in [0, 0.1) is 5.92 Å². The largest absolute Gasteiger partial charge is 0.486 e. The third-order valence-electron chi connectivity index (χ3n) is 6.78. The molecule has 9 nitrogen and oxygen atoms in total. The van der Waals surface area contributed by atoms with Crippen LogP contribution in [0.15, 0.2) is 90.2 Å². The smallest absolute Gasteiger partial charge is 0.251 e. The first-order chi connectivity index (χ1) is 18.2. The van der Waals surface area contributed by atoms with Gasteiger partial charge in [0.25, 0.3) is 5.43 Å². The van der Waals surface area contributed by atoms with Gasteiger partial charge in [0.05, 0.1) is 41.4 Å². The maximum absolute atomic E-state index is 13.6. The maximum Gasteiger partial charge on any atom is 0.251 e. The Labute approximate surface area is 212 Å². The van der Waals surface area contributed by atoms with Gasteiger partial charge in [-0.25, -0.2) is 9.67 Å². The van der Waals surface area contributed by atoms with Crippen LogP contribution >= 0.6 is 0 Å². The topological polar surface area (TPSA) is 84.2 Å². The normalized spacial score (nSPS) is 13.5.